The van der Waals surface area contributed by atoms with Gasteiger partial charge in [0.15, 0.2) is 6.10 Å². The van der Waals surface area contributed by atoms with E-state index in [1.807, 2.05) is 5.32 Å². The van der Waals surface area contributed by atoms with E-state index >= 15 is 0 Å². The number of hydrogen-bond acceptors (Lipinski definition) is 7. The smallest absolute Gasteiger partial charge is 0.416 e. The third-order valence-electron chi connectivity index (χ3n) is 3.48. The highest BCUT2D eigenvalue weighted by Gasteiger charge is 2.33. The molecule has 0 aliphatic carbocycles. The topological polar surface area (TPSA) is 140 Å². The van der Waals surface area contributed by atoms with Gasteiger partial charge in [-0.05, 0) is 32.9 Å². The fourth-order valence-corrected chi connectivity index (χ4v) is 2.02. The second-order valence-corrected chi connectivity index (χ2v) is 5.78. The lowest BCUT2D eigenvalue weighted by atomic mass is 10.1. The number of amides is 3. The first-order valence-electron chi connectivity index (χ1n) is 8.28. The van der Waals surface area contributed by atoms with Crippen molar-refractivity contribution in [2.24, 2.45) is 0 Å². The molecule has 2 unspecified atom stereocenters. The van der Waals surface area contributed by atoms with E-state index in [9.17, 15) is 37.7 Å². The van der Waals surface area contributed by atoms with Crippen LogP contribution in [0.2, 0.25) is 0 Å². The summed E-state index contributed by atoms with van der Waals surface area (Å²) in [4.78, 5) is 45.1. The minimum Gasteiger partial charge on any atom is -0.451 e. The minimum absolute atomic E-state index is 0.264. The van der Waals surface area contributed by atoms with Gasteiger partial charge in [-0.25, -0.2) is 9.59 Å². The molecule has 29 heavy (non-hydrogen) atoms. The number of carbonyl (C=O) groups excluding carboxylic acids is 3. The first-order valence-corrected chi connectivity index (χ1v) is 8.28. The Balaban J connectivity index is 2.83. The zero-order valence-corrected chi connectivity index (χ0v) is 15.6. The highest BCUT2D eigenvalue weighted by molar-refractivity contribution is 5.97. The second-order valence-electron chi connectivity index (χ2n) is 5.78. The van der Waals surface area contributed by atoms with Gasteiger partial charge in [0, 0.05) is 12.6 Å². The standard InChI is InChI=1S/C16H19F3N4O6/c1-4-20-15(26)22-13(24)9(3)29-14(25)8(2)21-11-6-5-10(16(17,18)19)7-12(11)23(27)28/h5-9,21H,4H2,1-3H3,(H2,20,22,24,26). The maximum absolute atomic E-state index is 12.7. The molecular weight excluding hydrogens is 401 g/mol. The van der Waals surface area contributed by atoms with Crippen molar-refractivity contribution in [3.8, 4) is 0 Å². The molecule has 10 nitrogen and oxygen atoms in total. The van der Waals surface area contributed by atoms with Crippen molar-refractivity contribution in [3.63, 3.8) is 0 Å². The fraction of sp³-hybridized carbons (Fsp3) is 0.438. The molecule has 13 heteroatoms. The molecule has 1 rings (SSSR count). The largest absolute Gasteiger partial charge is 0.451 e. The monoisotopic (exact) mass is 420 g/mol. The van der Waals surface area contributed by atoms with Gasteiger partial charge in [0.1, 0.15) is 11.7 Å². The molecular formula is C16H19F3N4O6. The Labute approximate surface area is 162 Å². The molecule has 0 fully saturated rings. The molecule has 0 saturated heterocycles. The van der Waals surface area contributed by atoms with Crippen molar-refractivity contribution >= 4 is 29.3 Å². The molecule has 2 atom stereocenters. The zero-order valence-electron chi connectivity index (χ0n) is 15.6. The Morgan fingerprint density at radius 2 is 1.86 bits per heavy atom. The van der Waals surface area contributed by atoms with Crippen LogP contribution in [0.3, 0.4) is 0 Å². The number of benzene rings is 1. The van der Waals surface area contributed by atoms with Crippen LogP contribution in [0.25, 0.3) is 0 Å². The number of rotatable bonds is 7. The van der Waals surface area contributed by atoms with Gasteiger partial charge in [-0.2, -0.15) is 13.2 Å². The number of nitrogens with one attached hydrogen (secondary N) is 3. The third-order valence-corrected chi connectivity index (χ3v) is 3.48. The second kappa shape index (κ2) is 9.71. The number of nitrogens with zero attached hydrogens (tertiary/aromatic N) is 1. The molecule has 0 aromatic heterocycles. The van der Waals surface area contributed by atoms with Crippen molar-refractivity contribution in [1.82, 2.24) is 10.6 Å². The molecule has 0 spiro atoms. The molecule has 0 aliphatic rings. The molecule has 3 amide bonds. The number of alkyl halides is 3. The number of esters is 1. The average Bonchev–Trinajstić information content (AvgIpc) is 2.60. The van der Waals surface area contributed by atoms with E-state index < -0.39 is 52.4 Å². The molecule has 0 bridgehead atoms. The number of nitro groups is 1. The summed E-state index contributed by atoms with van der Waals surface area (Å²) in [5, 5.41) is 17.7. The lowest BCUT2D eigenvalue weighted by molar-refractivity contribution is -0.384. The first kappa shape index (κ1) is 23.7. The van der Waals surface area contributed by atoms with Crippen LogP contribution in [-0.2, 0) is 20.5 Å². The van der Waals surface area contributed by atoms with Gasteiger partial charge in [-0.1, -0.05) is 0 Å². The number of halogens is 3. The Kier molecular flexibility index (Phi) is 7.92. The van der Waals surface area contributed by atoms with Crippen LogP contribution in [0.15, 0.2) is 18.2 Å². The van der Waals surface area contributed by atoms with Crippen molar-refractivity contribution in [3.05, 3.63) is 33.9 Å². The fourth-order valence-electron chi connectivity index (χ4n) is 2.02. The number of ether oxygens (including phenoxy) is 1. The predicted molar refractivity (Wildman–Crippen MR) is 94.0 cm³/mol. The van der Waals surface area contributed by atoms with Crippen molar-refractivity contribution < 1.29 is 37.2 Å². The van der Waals surface area contributed by atoms with E-state index in [0.29, 0.717) is 12.1 Å². The van der Waals surface area contributed by atoms with Crippen LogP contribution >= 0.6 is 0 Å². The first-order chi connectivity index (χ1) is 13.4. The Morgan fingerprint density at radius 1 is 1.24 bits per heavy atom. The Morgan fingerprint density at radius 3 is 2.38 bits per heavy atom. The normalized spacial score (nSPS) is 13.0. The summed E-state index contributed by atoms with van der Waals surface area (Å²) in [6.07, 6.45) is -6.14. The van der Waals surface area contributed by atoms with Crippen LogP contribution in [0.5, 0.6) is 0 Å². The van der Waals surface area contributed by atoms with Crippen molar-refractivity contribution in [2.45, 2.75) is 39.1 Å². The molecule has 3 N–H and O–H groups in total. The Bertz CT molecular complexity index is 799. The van der Waals surface area contributed by atoms with Crippen LogP contribution in [0, 0.1) is 10.1 Å². The summed E-state index contributed by atoms with van der Waals surface area (Å²) in [7, 11) is 0. The van der Waals surface area contributed by atoms with Crippen molar-refractivity contribution in [1.29, 1.82) is 0 Å². The molecule has 0 heterocycles. The van der Waals surface area contributed by atoms with E-state index in [1.54, 1.807) is 6.92 Å². The number of nitro benzene ring substituents is 1. The van der Waals surface area contributed by atoms with E-state index in [1.165, 1.54) is 13.8 Å². The number of anilines is 1. The third kappa shape index (κ3) is 6.93. The van der Waals surface area contributed by atoms with E-state index in [2.05, 4.69) is 10.6 Å². The summed E-state index contributed by atoms with van der Waals surface area (Å²) >= 11 is 0. The van der Waals surface area contributed by atoms with E-state index in [4.69, 9.17) is 4.74 Å². The maximum atomic E-state index is 12.7. The number of hydrogen-bond donors (Lipinski definition) is 3. The zero-order chi connectivity index (χ0) is 22.4. The van der Waals surface area contributed by atoms with Crippen molar-refractivity contribution in [2.75, 3.05) is 11.9 Å². The quantitative estimate of drug-likeness (QED) is 0.349. The van der Waals surface area contributed by atoms with E-state index in [0.717, 1.165) is 6.07 Å². The predicted octanol–water partition coefficient (Wildman–Crippen LogP) is 2.19. The van der Waals surface area contributed by atoms with Crippen LogP contribution < -0.4 is 16.0 Å². The van der Waals surface area contributed by atoms with Gasteiger partial charge >= 0.3 is 18.2 Å². The summed E-state index contributed by atoms with van der Waals surface area (Å²) in [5.74, 6) is -1.92. The number of urea groups is 1. The van der Waals surface area contributed by atoms with Crippen LogP contribution in [0.4, 0.5) is 29.3 Å². The SMILES string of the molecule is CCNC(=O)NC(=O)C(C)OC(=O)C(C)Nc1ccc(C(F)(F)F)cc1[N+](=O)[O-]. The van der Waals surface area contributed by atoms with Gasteiger partial charge < -0.3 is 15.4 Å². The highest BCUT2D eigenvalue weighted by atomic mass is 19.4. The number of carbonyl (C=O) groups is 3. The van der Waals surface area contributed by atoms with Gasteiger partial charge in [-0.3, -0.25) is 20.2 Å². The van der Waals surface area contributed by atoms with Gasteiger partial charge in [0.25, 0.3) is 11.6 Å². The summed E-state index contributed by atoms with van der Waals surface area (Å²) in [6, 6.07) is -0.258. The molecule has 0 aliphatic heterocycles. The maximum Gasteiger partial charge on any atom is 0.416 e. The number of imide groups is 1. The molecule has 1 aromatic rings. The lowest BCUT2D eigenvalue weighted by Gasteiger charge is -2.18. The van der Waals surface area contributed by atoms with Gasteiger partial charge in [0.2, 0.25) is 0 Å². The van der Waals surface area contributed by atoms with Crippen LogP contribution in [-0.4, -0.2) is 41.5 Å². The summed E-state index contributed by atoms with van der Waals surface area (Å²) in [6.45, 7) is 4.32. The molecule has 1 aromatic carbocycles. The van der Waals surface area contributed by atoms with Gasteiger partial charge in [-0.15, -0.1) is 0 Å². The Hall–Kier alpha value is -3.38. The van der Waals surface area contributed by atoms with Gasteiger partial charge in [0.05, 0.1) is 10.5 Å². The molecule has 0 saturated carbocycles. The summed E-state index contributed by atoms with van der Waals surface area (Å²) < 4.78 is 43.0. The average molecular weight is 420 g/mol. The molecule has 0 radical (unpaired) electrons. The molecule has 160 valence electrons. The summed E-state index contributed by atoms with van der Waals surface area (Å²) in [5.41, 5.74) is -2.45. The van der Waals surface area contributed by atoms with Crippen LogP contribution in [0.1, 0.15) is 26.3 Å². The lowest BCUT2D eigenvalue weighted by Crippen LogP contribution is -2.45. The van der Waals surface area contributed by atoms with E-state index in [-0.39, 0.29) is 12.2 Å². The highest BCUT2D eigenvalue weighted by Crippen LogP contribution is 2.35. The minimum atomic E-state index is -4.78.